The first kappa shape index (κ1) is 21.6. The highest BCUT2D eigenvalue weighted by atomic mass is 16.5. The smallest absolute Gasteiger partial charge is 0.240 e. The standard InChI is InChI=1S/C30H23N5O3/c1-16-11-13-17(14-12-16)34-29(36)22-23(30(34)37)28-26-24(27(22)38-28)25(33-35(26)18-7-3-2-4-8-18)21-15-31-19-9-5-6-10-20(19)32-21/h2-15,22-24,26-28H,1H3/t22-,23+,24+,26-,27-,28+/m1/s1. The van der Waals surface area contributed by atoms with Crippen LogP contribution in [0.4, 0.5) is 11.4 Å². The van der Waals surface area contributed by atoms with E-state index in [0.717, 1.165) is 28.0 Å². The van der Waals surface area contributed by atoms with Crippen molar-refractivity contribution in [3.63, 3.8) is 0 Å². The van der Waals surface area contributed by atoms with Crippen LogP contribution in [0, 0.1) is 24.7 Å². The predicted molar refractivity (Wildman–Crippen MR) is 142 cm³/mol. The van der Waals surface area contributed by atoms with Crippen molar-refractivity contribution in [3.8, 4) is 0 Å². The number of para-hydroxylation sites is 3. The minimum Gasteiger partial charge on any atom is -0.370 e. The van der Waals surface area contributed by atoms with Crippen LogP contribution < -0.4 is 9.91 Å². The van der Waals surface area contributed by atoms with Gasteiger partial charge in [0.25, 0.3) is 0 Å². The van der Waals surface area contributed by atoms with Crippen LogP contribution in [0.2, 0.25) is 0 Å². The minimum atomic E-state index is -0.551. The molecule has 0 spiro atoms. The summed E-state index contributed by atoms with van der Waals surface area (Å²) in [5, 5.41) is 7.02. The van der Waals surface area contributed by atoms with Crippen molar-refractivity contribution in [3.05, 3.63) is 96.3 Å². The average Bonchev–Trinajstić information content (AvgIpc) is 3.69. The van der Waals surface area contributed by atoms with Crippen LogP contribution in [0.15, 0.2) is 90.2 Å². The summed E-state index contributed by atoms with van der Waals surface area (Å²) in [4.78, 5) is 38.4. The quantitative estimate of drug-likeness (QED) is 0.398. The number of hydrogen-bond acceptors (Lipinski definition) is 7. The molecule has 3 fully saturated rings. The molecular formula is C30H23N5O3. The van der Waals surface area contributed by atoms with Crippen LogP contribution in [0.3, 0.4) is 0 Å². The molecule has 2 bridgehead atoms. The molecule has 3 aromatic carbocycles. The SMILES string of the molecule is Cc1ccc(N2C(=O)[C@@H]3[C@@H]4O[C@@H]([C@H]5C(c6cnc7ccccc7n6)=NN(c6ccccc6)[C@@H]45)[C@@H]3C2=O)cc1. The Labute approximate surface area is 218 Å². The third-order valence-corrected chi connectivity index (χ3v) is 8.32. The summed E-state index contributed by atoms with van der Waals surface area (Å²) in [6, 6.07) is 24.9. The summed E-state index contributed by atoms with van der Waals surface area (Å²) in [5.41, 5.74) is 5.59. The number of ether oxygens (including phenoxy) is 1. The summed E-state index contributed by atoms with van der Waals surface area (Å²) >= 11 is 0. The number of aryl methyl sites for hydroxylation is 1. The van der Waals surface area contributed by atoms with Gasteiger partial charge in [-0.3, -0.25) is 19.6 Å². The zero-order valence-electron chi connectivity index (χ0n) is 20.5. The Balaban J connectivity index is 1.24. The normalized spacial score (nSPS) is 29.2. The van der Waals surface area contributed by atoms with Crippen LogP contribution in [-0.4, -0.2) is 45.7 Å². The number of nitrogens with zero attached hydrogens (tertiary/aromatic N) is 5. The number of carbonyl (C=O) groups excluding carboxylic acids is 2. The van der Waals surface area contributed by atoms with Gasteiger partial charge in [0.15, 0.2) is 0 Å². The number of rotatable bonds is 3. The second-order valence-corrected chi connectivity index (χ2v) is 10.4. The van der Waals surface area contributed by atoms with E-state index < -0.39 is 24.0 Å². The lowest BCUT2D eigenvalue weighted by Crippen LogP contribution is -2.50. The average molecular weight is 502 g/mol. The summed E-state index contributed by atoms with van der Waals surface area (Å²) in [7, 11) is 0. The summed E-state index contributed by atoms with van der Waals surface area (Å²) < 4.78 is 6.50. The number of aromatic nitrogens is 2. The van der Waals surface area contributed by atoms with E-state index in [9.17, 15) is 9.59 Å². The minimum absolute atomic E-state index is 0.193. The molecule has 0 N–H and O–H groups in total. The molecule has 0 radical (unpaired) electrons. The van der Waals surface area contributed by atoms with Crippen molar-refractivity contribution in [2.45, 2.75) is 25.2 Å². The van der Waals surface area contributed by atoms with E-state index in [1.165, 1.54) is 4.90 Å². The molecule has 8 rings (SSSR count). The second-order valence-electron chi connectivity index (χ2n) is 10.4. The maximum Gasteiger partial charge on any atom is 0.240 e. The third-order valence-electron chi connectivity index (χ3n) is 8.32. The highest BCUT2D eigenvalue weighted by molar-refractivity contribution is 6.23. The molecule has 38 heavy (non-hydrogen) atoms. The predicted octanol–water partition coefficient (Wildman–Crippen LogP) is 3.73. The van der Waals surface area contributed by atoms with Gasteiger partial charge in [0.1, 0.15) is 5.69 Å². The highest BCUT2D eigenvalue weighted by Crippen LogP contribution is 2.56. The van der Waals surface area contributed by atoms with Gasteiger partial charge in [0.2, 0.25) is 11.8 Å². The van der Waals surface area contributed by atoms with Crippen molar-refractivity contribution in [2.75, 3.05) is 9.91 Å². The summed E-state index contributed by atoms with van der Waals surface area (Å²) in [6.07, 6.45) is 0.815. The molecule has 2 amide bonds. The number of fused-ring (bicyclic) bond motifs is 9. The van der Waals surface area contributed by atoms with Gasteiger partial charge in [-0.1, -0.05) is 48.0 Å². The maximum absolute atomic E-state index is 13.8. The maximum atomic E-state index is 13.8. The Morgan fingerprint density at radius 1 is 0.737 bits per heavy atom. The zero-order chi connectivity index (χ0) is 25.5. The van der Waals surface area contributed by atoms with Gasteiger partial charge in [0.05, 0.1) is 70.3 Å². The lowest BCUT2D eigenvalue weighted by molar-refractivity contribution is -0.125. The Morgan fingerprint density at radius 2 is 1.42 bits per heavy atom. The topological polar surface area (TPSA) is 88.0 Å². The fraction of sp³-hybridized carbons (Fsp3) is 0.233. The molecular weight excluding hydrogens is 478 g/mol. The van der Waals surface area contributed by atoms with E-state index >= 15 is 0 Å². The first-order valence-corrected chi connectivity index (χ1v) is 12.8. The lowest BCUT2D eigenvalue weighted by Gasteiger charge is -2.32. The molecule has 186 valence electrons. The largest absolute Gasteiger partial charge is 0.370 e. The van der Waals surface area contributed by atoms with Crippen LogP contribution in [-0.2, 0) is 14.3 Å². The van der Waals surface area contributed by atoms with E-state index in [4.69, 9.17) is 14.8 Å². The van der Waals surface area contributed by atoms with Gasteiger partial charge < -0.3 is 4.74 Å². The van der Waals surface area contributed by atoms with E-state index in [2.05, 4.69) is 4.98 Å². The number of imide groups is 1. The monoisotopic (exact) mass is 501 g/mol. The fourth-order valence-electron chi connectivity index (χ4n) is 6.67. The van der Waals surface area contributed by atoms with E-state index in [-0.39, 0.29) is 23.8 Å². The number of hydrogen-bond donors (Lipinski definition) is 0. The van der Waals surface area contributed by atoms with E-state index in [1.54, 1.807) is 6.20 Å². The molecule has 3 saturated heterocycles. The van der Waals surface area contributed by atoms with Crippen molar-refractivity contribution in [1.82, 2.24) is 9.97 Å². The molecule has 1 aromatic heterocycles. The zero-order valence-corrected chi connectivity index (χ0v) is 20.5. The molecule has 4 aromatic rings. The first-order valence-electron chi connectivity index (χ1n) is 12.8. The second kappa shape index (κ2) is 7.79. The number of anilines is 2. The van der Waals surface area contributed by atoms with Crippen molar-refractivity contribution < 1.29 is 14.3 Å². The van der Waals surface area contributed by atoms with Crippen molar-refractivity contribution >= 4 is 39.9 Å². The van der Waals surface area contributed by atoms with Crippen LogP contribution in [0.5, 0.6) is 0 Å². The van der Waals surface area contributed by atoms with E-state index in [1.807, 2.05) is 90.8 Å². The molecule has 0 saturated carbocycles. The summed E-state index contributed by atoms with van der Waals surface area (Å²) in [6.45, 7) is 1.98. The number of amides is 2. The Kier molecular flexibility index (Phi) is 4.43. The van der Waals surface area contributed by atoms with Crippen LogP contribution in [0.25, 0.3) is 11.0 Å². The van der Waals surface area contributed by atoms with Gasteiger partial charge in [-0.2, -0.15) is 5.10 Å². The molecule has 4 aliphatic rings. The lowest BCUT2D eigenvalue weighted by atomic mass is 9.70. The highest BCUT2D eigenvalue weighted by Gasteiger charge is 2.72. The molecule has 5 heterocycles. The van der Waals surface area contributed by atoms with Crippen molar-refractivity contribution in [2.24, 2.45) is 22.9 Å². The third kappa shape index (κ3) is 2.86. The first-order chi connectivity index (χ1) is 18.6. The molecule has 8 heteroatoms. The Bertz CT molecular complexity index is 1650. The molecule has 4 aliphatic heterocycles. The molecule has 8 nitrogen and oxygen atoms in total. The van der Waals surface area contributed by atoms with E-state index in [0.29, 0.717) is 11.4 Å². The van der Waals surface area contributed by atoms with Gasteiger partial charge in [-0.25, -0.2) is 9.88 Å². The molecule has 0 unspecified atom stereocenters. The van der Waals surface area contributed by atoms with Crippen molar-refractivity contribution in [1.29, 1.82) is 0 Å². The Hall–Kier alpha value is -4.43. The number of benzene rings is 3. The summed E-state index contributed by atoms with van der Waals surface area (Å²) in [5.74, 6) is -1.70. The Morgan fingerprint density at radius 3 is 2.18 bits per heavy atom. The van der Waals surface area contributed by atoms with Gasteiger partial charge in [-0.05, 0) is 43.3 Å². The fourth-order valence-corrected chi connectivity index (χ4v) is 6.67. The van der Waals surface area contributed by atoms with Gasteiger partial charge in [-0.15, -0.1) is 0 Å². The van der Waals surface area contributed by atoms with Crippen LogP contribution >= 0.6 is 0 Å². The van der Waals surface area contributed by atoms with Gasteiger partial charge in [0, 0.05) is 0 Å². The number of carbonyl (C=O) groups is 2. The van der Waals surface area contributed by atoms with Crippen LogP contribution in [0.1, 0.15) is 11.3 Å². The van der Waals surface area contributed by atoms with Gasteiger partial charge >= 0.3 is 0 Å². The number of hydrazone groups is 1. The molecule has 6 atom stereocenters. The molecule has 0 aliphatic carbocycles.